The maximum atomic E-state index is 11.6. The number of ether oxygens (including phenoxy) is 1. The molecule has 1 unspecified atom stereocenters. The van der Waals surface area contributed by atoms with Crippen molar-refractivity contribution in [2.75, 3.05) is 48.0 Å². The number of hydrogen-bond acceptors (Lipinski definition) is 6. The summed E-state index contributed by atoms with van der Waals surface area (Å²) in [5.74, 6) is -0.726. The van der Waals surface area contributed by atoms with Gasteiger partial charge < -0.3 is 28.0 Å². The van der Waals surface area contributed by atoms with Crippen LogP contribution in [0.5, 0.6) is 0 Å². The van der Waals surface area contributed by atoms with Gasteiger partial charge in [-0.15, -0.1) is 0 Å². The Hall–Kier alpha value is -1.74. The van der Waals surface area contributed by atoms with Crippen LogP contribution in [0.2, 0.25) is 6.55 Å². The molecule has 0 aliphatic carbocycles. The first-order valence-electron chi connectivity index (χ1n) is 11.6. The van der Waals surface area contributed by atoms with Crippen LogP contribution >= 0.6 is 0 Å². The molecule has 0 saturated heterocycles. The average Bonchev–Trinajstić information content (AvgIpc) is 2.77. The van der Waals surface area contributed by atoms with Crippen molar-refractivity contribution in [1.82, 2.24) is 0 Å². The van der Waals surface area contributed by atoms with Crippen LogP contribution in [-0.2, 0) is 23.2 Å². The summed E-state index contributed by atoms with van der Waals surface area (Å²) < 4.78 is 16.4. The fraction of sp³-hybridized carbons (Fsp3) is 0.680. The summed E-state index contributed by atoms with van der Waals surface area (Å²) in [6.07, 6.45) is 1.88. The van der Waals surface area contributed by atoms with Crippen molar-refractivity contribution in [3.63, 3.8) is 0 Å². The molecule has 0 saturated carbocycles. The normalized spacial score (nSPS) is 13.0. The molecule has 0 heterocycles. The number of quaternary nitrogens is 1. The SMILES string of the molecule is CCC(C)(C)C(=O)OCC[N+](C)(C)CC(=O)[O-].CCC(C)c1ccc([Si](C)(OC)OC)cc1. The van der Waals surface area contributed by atoms with E-state index in [1.165, 1.54) is 17.2 Å². The molecule has 0 aliphatic rings. The molecule has 1 aromatic carbocycles. The number of nitrogens with zero attached hydrogens (tertiary/aromatic N) is 1. The third-order valence-electron chi connectivity index (χ3n) is 6.32. The van der Waals surface area contributed by atoms with E-state index in [4.69, 9.17) is 13.6 Å². The van der Waals surface area contributed by atoms with E-state index in [0.29, 0.717) is 18.9 Å². The minimum absolute atomic E-state index is 0.0886. The van der Waals surface area contributed by atoms with Crippen molar-refractivity contribution in [2.45, 2.75) is 59.9 Å². The number of carboxylic acids is 1. The lowest BCUT2D eigenvalue weighted by Gasteiger charge is -2.30. The van der Waals surface area contributed by atoms with Crippen molar-refractivity contribution in [2.24, 2.45) is 5.41 Å². The molecule has 190 valence electrons. The van der Waals surface area contributed by atoms with Crippen molar-refractivity contribution in [3.8, 4) is 0 Å². The van der Waals surface area contributed by atoms with Gasteiger partial charge in [0.2, 0.25) is 0 Å². The van der Waals surface area contributed by atoms with Gasteiger partial charge in [0.25, 0.3) is 0 Å². The maximum Gasteiger partial charge on any atom is 0.368 e. The molecule has 0 bridgehead atoms. The van der Waals surface area contributed by atoms with E-state index < -0.39 is 19.9 Å². The molecule has 33 heavy (non-hydrogen) atoms. The highest BCUT2D eigenvalue weighted by molar-refractivity contribution is 6.79. The molecule has 1 atom stereocenters. The highest BCUT2D eigenvalue weighted by atomic mass is 28.4. The second kappa shape index (κ2) is 13.8. The Kier molecular flexibility index (Phi) is 13.1. The Morgan fingerprint density at radius 2 is 1.61 bits per heavy atom. The zero-order valence-electron chi connectivity index (χ0n) is 22.3. The molecular weight excluding hydrogens is 438 g/mol. The molecule has 0 aliphatic heterocycles. The molecule has 7 nitrogen and oxygen atoms in total. The number of likely N-dealkylation sites (N-methyl/N-ethyl adjacent to an activating group) is 1. The standard InChI is InChI=1S/C13H22O2Si.C12H23NO4/c1-6-11(2)12-7-9-13(10-8-12)16(5,14-3)15-4;1-6-12(2,3)11(16)17-8-7-13(4,5)9-10(14)15/h7-11H,6H2,1-5H3;6-9H2,1-5H3. The second-order valence-corrected chi connectivity index (χ2v) is 13.1. The number of esters is 1. The molecular formula is C25H45NO6Si. The summed E-state index contributed by atoms with van der Waals surface area (Å²) in [5, 5.41) is 11.7. The first-order chi connectivity index (χ1) is 15.2. The predicted octanol–water partition coefficient (Wildman–Crippen LogP) is 2.56. The molecule has 1 aromatic rings. The Morgan fingerprint density at radius 3 is 2.00 bits per heavy atom. The minimum Gasteiger partial charge on any atom is -0.544 e. The van der Waals surface area contributed by atoms with Crippen LogP contribution in [0.1, 0.15) is 58.9 Å². The zero-order valence-corrected chi connectivity index (χ0v) is 23.3. The number of carbonyl (C=O) groups is 2. The molecule has 0 radical (unpaired) electrons. The smallest absolute Gasteiger partial charge is 0.368 e. The maximum absolute atomic E-state index is 11.6. The van der Waals surface area contributed by atoms with E-state index in [1.807, 2.05) is 20.8 Å². The van der Waals surface area contributed by atoms with Crippen LogP contribution in [0.15, 0.2) is 24.3 Å². The Morgan fingerprint density at radius 1 is 1.09 bits per heavy atom. The summed E-state index contributed by atoms with van der Waals surface area (Å²) in [5.41, 5.74) is 0.903. The van der Waals surface area contributed by atoms with E-state index in [0.717, 1.165) is 0 Å². The molecule has 1 rings (SSSR count). The van der Waals surface area contributed by atoms with Crippen molar-refractivity contribution < 1.29 is 32.8 Å². The van der Waals surface area contributed by atoms with Gasteiger partial charge in [-0.05, 0) is 49.9 Å². The molecule has 0 amide bonds. The molecule has 0 spiro atoms. The summed E-state index contributed by atoms with van der Waals surface area (Å²) in [6, 6.07) is 8.65. The third kappa shape index (κ3) is 10.8. The van der Waals surface area contributed by atoms with Crippen LogP contribution in [0.3, 0.4) is 0 Å². The fourth-order valence-electron chi connectivity index (χ4n) is 2.82. The first kappa shape index (κ1) is 31.3. The van der Waals surface area contributed by atoms with Crippen molar-refractivity contribution >= 4 is 25.7 Å². The number of aliphatic carboxylic acids is 1. The van der Waals surface area contributed by atoms with Crippen molar-refractivity contribution in [1.29, 1.82) is 0 Å². The lowest BCUT2D eigenvalue weighted by molar-refractivity contribution is -0.884. The van der Waals surface area contributed by atoms with Crippen LogP contribution < -0.4 is 10.3 Å². The lowest BCUT2D eigenvalue weighted by Crippen LogP contribution is -2.50. The van der Waals surface area contributed by atoms with Gasteiger partial charge in [-0.3, -0.25) is 4.79 Å². The molecule has 0 aromatic heterocycles. The van der Waals surface area contributed by atoms with Crippen molar-refractivity contribution in [3.05, 3.63) is 29.8 Å². The molecule has 8 heteroatoms. The monoisotopic (exact) mass is 483 g/mol. The van der Waals surface area contributed by atoms with Crippen LogP contribution in [-0.4, -0.2) is 73.0 Å². The van der Waals surface area contributed by atoms with E-state index in [-0.39, 0.29) is 23.6 Å². The second-order valence-electron chi connectivity index (χ2n) is 9.85. The Labute approximate surface area is 201 Å². The van der Waals surface area contributed by atoms with Gasteiger partial charge in [0.15, 0.2) is 0 Å². The molecule has 0 fully saturated rings. The first-order valence-corrected chi connectivity index (χ1v) is 13.9. The highest BCUT2D eigenvalue weighted by Crippen LogP contribution is 2.21. The van der Waals surface area contributed by atoms with Gasteiger partial charge in [-0.1, -0.05) is 45.0 Å². The van der Waals surface area contributed by atoms with Crippen LogP contribution in [0.25, 0.3) is 0 Å². The van der Waals surface area contributed by atoms with Gasteiger partial charge in [-0.25, -0.2) is 0 Å². The quantitative estimate of drug-likeness (QED) is 0.258. The van der Waals surface area contributed by atoms with Gasteiger partial charge in [0.05, 0.1) is 25.5 Å². The Balaban J connectivity index is 0.000000621. The lowest BCUT2D eigenvalue weighted by atomic mass is 9.91. The van der Waals surface area contributed by atoms with Gasteiger partial charge in [0, 0.05) is 14.2 Å². The zero-order chi connectivity index (χ0) is 25.9. The van der Waals surface area contributed by atoms with Crippen LogP contribution in [0, 0.1) is 5.41 Å². The number of carboxylic acid groups (broad SMARTS) is 1. The number of rotatable bonds is 12. The largest absolute Gasteiger partial charge is 0.544 e. The summed E-state index contributed by atoms with van der Waals surface area (Å²) in [4.78, 5) is 22.1. The summed E-state index contributed by atoms with van der Waals surface area (Å²) in [7, 11) is 4.82. The molecule has 0 N–H and O–H groups in total. The fourth-order valence-corrected chi connectivity index (χ4v) is 4.23. The van der Waals surface area contributed by atoms with E-state index in [1.54, 1.807) is 28.3 Å². The average molecular weight is 484 g/mol. The van der Waals surface area contributed by atoms with E-state index in [2.05, 4.69) is 44.7 Å². The number of hydrogen-bond donors (Lipinski definition) is 0. The topological polar surface area (TPSA) is 84.9 Å². The van der Waals surface area contributed by atoms with Gasteiger partial charge in [0.1, 0.15) is 19.7 Å². The summed E-state index contributed by atoms with van der Waals surface area (Å²) in [6.45, 7) is 12.7. The van der Waals surface area contributed by atoms with Gasteiger partial charge >= 0.3 is 14.5 Å². The predicted molar refractivity (Wildman–Crippen MR) is 132 cm³/mol. The van der Waals surface area contributed by atoms with E-state index >= 15 is 0 Å². The number of benzene rings is 1. The minimum atomic E-state index is -2.14. The Bertz CT molecular complexity index is 729. The third-order valence-corrected chi connectivity index (χ3v) is 9.26. The number of carbonyl (C=O) groups excluding carboxylic acids is 2. The van der Waals surface area contributed by atoms with E-state index in [9.17, 15) is 14.7 Å². The van der Waals surface area contributed by atoms with Gasteiger partial charge in [-0.2, -0.15) is 0 Å². The van der Waals surface area contributed by atoms with Crippen LogP contribution in [0.4, 0.5) is 0 Å². The summed E-state index contributed by atoms with van der Waals surface area (Å²) >= 11 is 0. The highest BCUT2D eigenvalue weighted by Gasteiger charge is 2.31.